The lowest BCUT2D eigenvalue weighted by atomic mass is 10.0. The minimum Gasteiger partial charge on any atom is -0.460 e. The average molecular weight is 364 g/mol. The first kappa shape index (κ1) is 20.2. The molecule has 0 aromatic heterocycles. The third kappa shape index (κ3) is 5.42. The molecule has 140 valence electrons. The number of ether oxygens (including phenoxy) is 1. The van der Waals surface area contributed by atoms with Crippen LogP contribution in [0.2, 0.25) is 0 Å². The van der Waals surface area contributed by atoms with Gasteiger partial charge in [0.25, 0.3) is 0 Å². The second kappa shape index (κ2) is 9.54. The minimum absolute atomic E-state index is 0.141. The number of rotatable bonds is 7. The molecule has 2 aromatic rings. The van der Waals surface area contributed by atoms with E-state index >= 15 is 0 Å². The van der Waals surface area contributed by atoms with E-state index in [0.29, 0.717) is 24.1 Å². The molecule has 5 nitrogen and oxygen atoms in total. The maximum atomic E-state index is 12.7. The molecule has 1 amide bonds. The molecule has 0 aliphatic rings. The highest BCUT2D eigenvalue weighted by atomic mass is 16.5. The molecule has 2 rings (SSSR count). The Bertz CT molecular complexity index is 831. The Morgan fingerprint density at radius 3 is 2.33 bits per heavy atom. The Morgan fingerprint density at radius 2 is 1.78 bits per heavy atom. The highest BCUT2D eigenvalue weighted by molar-refractivity contribution is 6.05. The third-order valence-corrected chi connectivity index (χ3v) is 4.31. The molecule has 5 heteroatoms. The van der Waals surface area contributed by atoms with E-state index in [1.807, 2.05) is 51.1 Å². The lowest BCUT2D eigenvalue weighted by molar-refractivity contribution is -0.152. The Hall–Kier alpha value is -3.13. The van der Waals surface area contributed by atoms with Crippen molar-refractivity contribution >= 4 is 17.6 Å². The first-order valence-electron chi connectivity index (χ1n) is 8.99. The zero-order valence-electron chi connectivity index (χ0n) is 15.9. The second-order valence-corrected chi connectivity index (χ2v) is 6.52. The van der Waals surface area contributed by atoms with Crippen LogP contribution < -0.4 is 5.32 Å². The van der Waals surface area contributed by atoms with Crippen LogP contribution in [0.15, 0.2) is 42.5 Å². The van der Waals surface area contributed by atoms with E-state index in [-0.39, 0.29) is 12.5 Å². The van der Waals surface area contributed by atoms with Crippen LogP contribution in [0.3, 0.4) is 0 Å². The van der Waals surface area contributed by atoms with Crippen molar-refractivity contribution in [2.45, 2.75) is 40.2 Å². The summed E-state index contributed by atoms with van der Waals surface area (Å²) in [7, 11) is 0. The number of amides is 1. The van der Waals surface area contributed by atoms with E-state index in [9.17, 15) is 9.59 Å². The molecule has 1 atom stereocenters. The molecule has 0 saturated carbocycles. The molecule has 0 spiro atoms. The largest absolute Gasteiger partial charge is 0.460 e. The lowest BCUT2D eigenvalue weighted by Gasteiger charge is -2.18. The summed E-state index contributed by atoms with van der Waals surface area (Å²) in [6, 6.07) is 14.9. The SMILES string of the molecule is CCCC(C(=O)Nc1c(C)cc(C#N)cc1C)C(=O)OCc1ccccc1. The number of aryl methyl sites for hydroxylation is 2. The van der Waals surface area contributed by atoms with Crippen molar-refractivity contribution in [1.29, 1.82) is 5.26 Å². The van der Waals surface area contributed by atoms with Crippen LogP contribution in [-0.4, -0.2) is 11.9 Å². The van der Waals surface area contributed by atoms with Gasteiger partial charge < -0.3 is 10.1 Å². The normalized spacial score (nSPS) is 11.3. The summed E-state index contributed by atoms with van der Waals surface area (Å²) in [4.78, 5) is 25.2. The zero-order chi connectivity index (χ0) is 19.8. The average Bonchev–Trinajstić information content (AvgIpc) is 2.67. The summed E-state index contributed by atoms with van der Waals surface area (Å²) in [5, 5.41) is 11.9. The van der Waals surface area contributed by atoms with E-state index in [0.717, 1.165) is 16.7 Å². The highest BCUT2D eigenvalue weighted by Crippen LogP contribution is 2.23. The van der Waals surface area contributed by atoms with Gasteiger partial charge >= 0.3 is 5.97 Å². The molecule has 0 radical (unpaired) electrons. The van der Waals surface area contributed by atoms with Crippen molar-refractivity contribution < 1.29 is 14.3 Å². The van der Waals surface area contributed by atoms with Crippen LogP contribution in [0.25, 0.3) is 0 Å². The minimum atomic E-state index is -0.867. The number of hydrogen-bond donors (Lipinski definition) is 1. The molecule has 0 fully saturated rings. The standard InChI is InChI=1S/C22H24N2O3/c1-4-8-19(22(26)27-14-17-9-6-5-7-10-17)21(25)24-20-15(2)11-18(13-23)12-16(20)3/h5-7,9-12,19H,4,8,14H2,1-3H3,(H,24,25). The highest BCUT2D eigenvalue weighted by Gasteiger charge is 2.28. The topological polar surface area (TPSA) is 79.2 Å². The fraction of sp³-hybridized carbons (Fsp3) is 0.318. The molecule has 27 heavy (non-hydrogen) atoms. The van der Waals surface area contributed by atoms with E-state index in [2.05, 4.69) is 11.4 Å². The first-order valence-corrected chi connectivity index (χ1v) is 8.99. The lowest BCUT2D eigenvalue weighted by Crippen LogP contribution is -2.31. The van der Waals surface area contributed by atoms with Gasteiger partial charge in [-0.15, -0.1) is 0 Å². The van der Waals surface area contributed by atoms with Crippen molar-refractivity contribution in [2.24, 2.45) is 5.92 Å². The first-order chi connectivity index (χ1) is 13.0. The quantitative estimate of drug-likeness (QED) is 0.588. The second-order valence-electron chi connectivity index (χ2n) is 6.52. The summed E-state index contributed by atoms with van der Waals surface area (Å²) >= 11 is 0. The number of carbonyl (C=O) groups excluding carboxylic acids is 2. The maximum absolute atomic E-state index is 12.7. The molecule has 1 N–H and O–H groups in total. The Kier molecular flexibility index (Phi) is 7.13. The number of nitrogens with zero attached hydrogens (tertiary/aromatic N) is 1. The number of carbonyl (C=O) groups is 2. The predicted molar refractivity (Wildman–Crippen MR) is 104 cm³/mol. The van der Waals surface area contributed by atoms with Crippen molar-refractivity contribution in [2.75, 3.05) is 5.32 Å². The third-order valence-electron chi connectivity index (χ3n) is 4.31. The van der Waals surface area contributed by atoms with Crippen LogP contribution in [0, 0.1) is 31.1 Å². The molecular formula is C22H24N2O3. The number of esters is 1. The van der Waals surface area contributed by atoms with Gasteiger partial charge in [-0.25, -0.2) is 0 Å². The van der Waals surface area contributed by atoms with E-state index in [4.69, 9.17) is 10.00 Å². The Balaban J connectivity index is 2.10. The Morgan fingerprint density at radius 1 is 1.15 bits per heavy atom. The summed E-state index contributed by atoms with van der Waals surface area (Å²) in [5.74, 6) is -1.78. The zero-order valence-corrected chi connectivity index (χ0v) is 15.9. The molecule has 0 heterocycles. The van der Waals surface area contributed by atoms with Crippen LogP contribution in [0.4, 0.5) is 5.69 Å². The van der Waals surface area contributed by atoms with Crippen LogP contribution >= 0.6 is 0 Å². The summed E-state index contributed by atoms with van der Waals surface area (Å²) in [6.45, 7) is 5.71. The fourth-order valence-corrected chi connectivity index (χ4v) is 2.91. The van der Waals surface area contributed by atoms with Crippen LogP contribution in [-0.2, 0) is 20.9 Å². The van der Waals surface area contributed by atoms with E-state index in [1.165, 1.54) is 0 Å². The summed E-state index contributed by atoms with van der Waals surface area (Å²) in [6.07, 6.45) is 1.09. The molecule has 1 unspecified atom stereocenters. The molecule has 0 bridgehead atoms. The van der Waals surface area contributed by atoms with Crippen LogP contribution in [0.5, 0.6) is 0 Å². The van der Waals surface area contributed by atoms with Gasteiger partial charge in [-0.05, 0) is 49.1 Å². The van der Waals surface area contributed by atoms with Gasteiger partial charge in [0.2, 0.25) is 5.91 Å². The van der Waals surface area contributed by atoms with Crippen LogP contribution in [0.1, 0.15) is 42.0 Å². The molecule has 0 aliphatic heterocycles. The number of benzene rings is 2. The number of nitrogens with one attached hydrogen (secondary N) is 1. The van der Waals surface area contributed by atoms with E-state index in [1.54, 1.807) is 12.1 Å². The summed E-state index contributed by atoms with van der Waals surface area (Å²) < 4.78 is 5.36. The van der Waals surface area contributed by atoms with Gasteiger partial charge in [0.05, 0.1) is 11.6 Å². The molecule has 2 aromatic carbocycles. The van der Waals surface area contributed by atoms with Crippen molar-refractivity contribution in [1.82, 2.24) is 0 Å². The van der Waals surface area contributed by atoms with Gasteiger partial charge in [0, 0.05) is 5.69 Å². The van der Waals surface area contributed by atoms with E-state index < -0.39 is 11.9 Å². The summed E-state index contributed by atoms with van der Waals surface area (Å²) in [5.41, 5.74) is 3.62. The van der Waals surface area contributed by atoms with Gasteiger partial charge in [0.15, 0.2) is 0 Å². The Labute approximate surface area is 160 Å². The molecule has 0 saturated heterocycles. The molecular weight excluding hydrogens is 340 g/mol. The van der Waals surface area contributed by atoms with Gasteiger partial charge in [-0.1, -0.05) is 43.7 Å². The number of hydrogen-bond acceptors (Lipinski definition) is 4. The number of anilines is 1. The predicted octanol–water partition coefficient (Wildman–Crippen LogP) is 4.27. The van der Waals surface area contributed by atoms with Gasteiger partial charge in [-0.3, -0.25) is 9.59 Å². The smallest absolute Gasteiger partial charge is 0.318 e. The van der Waals surface area contributed by atoms with Gasteiger partial charge in [-0.2, -0.15) is 5.26 Å². The molecule has 0 aliphatic carbocycles. The van der Waals surface area contributed by atoms with Crippen molar-refractivity contribution in [3.8, 4) is 6.07 Å². The maximum Gasteiger partial charge on any atom is 0.318 e. The van der Waals surface area contributed by atoms with Crippen molar-refractivity contribution in [3.63, 3.8) is 0 Å². The monoisotopic (exact) mass is 364 g/mol. The van der Waals surface area contributed by atoms with Crippen molar-refractivity contribution in [3.05, 3.63) is 64.7 Å². The fourth-order valence-electron chi connectivity index (χ4n) is 2.91. The number of nitriles is 1. The van der Waals surface area contributed by atoms with Gasteiger partial charge in [0.1, 0.15) is 12.5 Å².